The molecule has 0 aromatic carbocycles. The Kier molecular flexibility index (Phi) is 6.36. The van der Waals surface area contributed by atoms with Gasteiger partial charge in [-0.3, -0.25) is 4.79 Å². The van der Waals surface area contributed by atoms with Crippen molar-refractivity contribution >= 4 is 34.1 Å². The molecule has 0 aliphatic heterocycles. The fourth-order valence-corrected chi connectivity index (χ4v) is 3.25. The molecule has 4 nitrogen and oxygen atoms in total. The van der Waals surface area contributed by atoms with Crippen molar-refractivity contribution in [2.45, 2.75) is 30.9 Å². The second kappa shape index (κ2) is 7.55. The Bertz CT molecular complexity index is 350. The summed E-state index contributed by atoms with van der Waals surface area (Å²) in [6, 6.07) is 0. The lowest BCUT2D eigenvalue weighted by Crippen LogP contribution is -2.30. The zero-order valence-electron chi connectivity index (χ0n) is 10.3. The third-order valence-electron chi connectivity index (χ3n) is 2.40. The molecule has 0 spiro atoms. The fourth-order valence-electron chi connectivity index (χ4n) is 1.47. The van der Waals surface area contributed by atoms with Gasteiger partial charge in [0.05, 0.1) is 10.4 Å². The second-order valence-corrected chi connectivity index (χ2v) is 5.99. The minimum atomic E-state index is 0.249. The van der Waals surface area contributed by atoms with Crippen LogP contribution in [0.25, 0.3) is 0 Å². The number of hydrogen-bond acceptors (Lipinski definition) is 5. The van der Waals surface area contributed by atoms with Gasteiger partial charge in [-0.2, -0.15) is 0 Å². The first-order valence-corrected chi connectivity index (χ1v) is 7.59. The van der Waals surface area contributed by atoms with Gasteiger partial charge in [-0.25, -0.2) is 4.98 Å². The molecule has 1 aromatic rings. The molecule has 1 rings (SSSR count). The maximum atomic E-state index is 11.7. The molecule has 0 unspecified atom stereocenters. The van der Waals surface area contributed by atoms with Crippen LogP contribution >= 0.6 is 23.1 Å². The van der Waals surface area contributed by atoms with Crippen LogP contribution in [-0.4, -0.2) is 34.6 Å². The molecule has 0 aliphatic carbocycles. The van der Waals surface area contributed by atoms with Gasteiger partial charge >= 0.3 is 0 Å². The first-order chi connectivity index (χ1) is 8.17. The highest BCUT2D eigenvalue weighted by molar-refractivity contribution is 8.01. The molecule has 96 valence electrons. The molecule has 0 saturated heterocycles. The lowest BCUT2D eigenvalue weighted by Gasteiger charge is -2.18. The molecule has 1 heterocycles. The Balaban J connectivity index is 2.17. The van der Waals surface area contributed by atoms with E-state index in [9.17, 15) is 4.79 Å². The number of rotatable bonds is 7. The molecule has 0 aliphatic rings. The minimum Gasteiger partial charge on any atom is -0.375 e. The second-order valence-electron chi connectivity index (χ2n) is 3.54. The molecule has 1 amide bonds. The predicted octanol–water partition coefficient (Wildman–Crippen LogP) is 2.47. The number of thiazole rings is 1. The zero-order valence-corrected chi connectivity index (χ0v) is 11.9. The van der Waals surface area contributed by atoms with Crippen LogP contribution in [0.1, 0.15) is 26.7 Å². The van der Waals surface area contributed by atoms with E-state index in [0.29, 0.717) is 11.6 Å². The summed E-state index contributed by atoms with van der Waals surface area (Å²) >= 11 is 3.21. The number of carbonyl (C=O) groups excluding carboxylic acids is 1. The molecular formula is C11H19N3OS2. The molecule has 1 aromatic heterocycles. The van der Waals surface area contributed by atoms with Gasteiger partial charge in [-0.1, -0.05) is 11.3 Å². The van der Waals surface area contributed by atoms with Crippen LogP contribution in [0.15, 0.2) is 10.4 Å². The van der Waals surface area contributed by atoms with Gasteiger partial charge < -0.3 is 10.6 Å². The molecule has 2 N–H and O–H groups in total. The van der Waals surface area contributed by atoms with Gasteiger partial charge in [0, 0.05) is 19.5 Å². The van der Waals surface area contributed by atoms with Crippen LogP contribution in [0.5, 0.6) is 0 Å². The van der Waals surface area contributed by atoms with Crippen molar-refractivity contribution in [3.8, 4) is 0 Å². The largest absolute Gasteiger partial charge is 0.375 e. The van der Waals surface area contributed by atoms with Crippen LogP contribution < -0.4 is 5.73 Å². The number of thioether (sulfide) groups is 1. The molecule has 0 saturated carbocycles. The smallest absolute Gasteiger partial charge is 0.222 e. The van der Waals surface area contributed by atoms with Gasteiger partial charge in [0.2, 0.25) is 5.91 Å². The third kappa shape index (κ3) is 4.95. The highest BCUT2D eigenvalue weighted by Crippen LogP contribution is 2.26. The number of carbonyl (C=O) groups is 1. The molecule has 0 fully saturated rings. The van der Waals surface area contributed by atoms with Crippen LogP contribution in [0.3, 0.4) is 0 Å². The zero-order chi connectivity index (χ0) is 12.7. The van der Waals surface area contributed by atoms with Crippen LogP contribution in [0.4, 0.5) is 5.13 Å². The number of aromatic nitrogens is 1. The van der Waals surface area contributed by atoms with Crippen molar-refractivity contribution in [1.29, 1.82) is 0 Å². The summed E-state index contributed by atoms with van der Waals surface area (Å²) in [6.45, 7) is 5.62. The SMILES string of the molecule is CCN(CC)C(=O)CCCSc1cnc(N)s1. The van der Waals surface area contributed by atoms with E-state index in [0.717, 1.165) is 29.5 Å². The molecule has 0 atom stereocenters. The number of anilines is 1. The quantitative estimate of drug-likeness (QED) is 0.612. The number of amides is 1. The summed E-state index contributed by atoms with van der Waals surface area (Å²) in [7, 11) is 0. The summed E-state index contributed by atoms with van der Waals surface area (Å²) in [4.78, 5) is 17.6. The van der Waals surface area contributed by atoms with E-state index in [1.807, 2.05) is 18.7 Å². The van der Waals surface area contributed by atoms with Crippen molar-refractivity contribution in [2.24, 2.45) is 0 Å². The van der Waals surface area contributed by atoms with E-state index < -0.39 is 0 Å². The molecule has 6 heteroatoms. The molecule has 17 heavy (non-hydrogen) atoms. The van der Waals surface area contributed by atoms with Crippen molar-refractivity contribution in [1.82, 2.24) is 9.88 Å². The van der Waals surface area contributed by atoms with Crippen LogP contribution in [0, 0.1) is 0 Å². The summed E-state index contributed by atoms with van der Waals surface area (Å²) in [6.07, 6.45) is 3.32. The Morgan fingerprint density at radius 2 is 2.24 bits per heavy atom. The number of hydrogen-bond donors (Lipinski definition) is 1. The highest BCUT2D eigenvalue weighted by atomic mass is 32.2. The highest BCUT2D eigenvalue weighted by Gasteiger charge is 2.08. The molecule has 0 radical (unpaired) electrons. The average Bonchev–Trinajstić information content (AvgIpc) is 2.72. The number of nitrogen functional groups attached to an aromatic ring is 1. The van der Waals surface area contributed by atoms with Crippen molar-refractivity contribution < 1.29 is 4.79 Å². The standard InChI is InChI=1S/C11H19N3OS2/c1-3-14(4-2)9(15)6-5-7-16-10-8-13-11(12)17-10/h8H,3-7H2,1-2H3,(H2,12,13). The van der Waals surface area contributed by atoms with E-state index in [-0.39, 0.29) is 5.91 Å². The number of nitrogens with two attached hydrogens (primary N) is 1. The van der Waals surface area contributed by atoms with Gasteiger partial charge in [0.1, 0.15) is 0 Å². The Morgan fingerprint density at radius 3 is 2.76 bits per heavy atom. The topological polar surface area (TPSA) is 59.2 Å². The maximum absolute atomic E-state index is 11.7. The van der Waals surface area contributed by atoms with Crippen LogP contribution in [0.2, 0.25) is 0 Å². The average molecular weight is 273 g/mol. The van der Waals surface area contributed by atoms with E-state index in [1.54, 1.807) is 18.0 Å². The first kappa shape index (κ1) is 14.3. The van der Waals surface area contributed by atoms with Crippen molar-refractivity contribution in [3.63, 3.8) is 0 Å². The minimum absolute atomic E-state index is 0.249. The third-order valence-corrected chi connectivity index (χ3v) is 4.51. The molecular weight excluding hydrogens is 254 g/mol. The maximum Gasteiger partial charge on any atom is 0.222 e. The van der Waals surface area contributed by atoms with Gasteiger partial charge in [0.25, 0.3) is 0 Å². The van der Waals surface area contributed by atoms with Gasteiger partial charge in [-0.05, 0) is 26.0 Å². The Labute approximate surface area is 111 Å². The van der Waals surface area contributed by atoms with Crippen molar-refractivity contribution in [2.75, 3.05) is 24.6 Å². The van der Waals surface area contributed by atoms with Crippen LogP contribution in [-0.2, 0) is 4.79 Å². The first-order valence-electron chi connectivity index (χ1n) is 5.79. The van der Waals surface area contributed by atoms with E-state index in [1.165, 1.54) is 11.3 Å². The van der Waals surface area contributed by atoms with E-state index >= 15 is 0 Å². The summed E-state index contributed by atoms with van der Waals surface area (Å²) in [5.74, 6) is 1.19. The van der Waals surface area contributed by atoms with Crippen molar-refractivity contribution in [3.05, 3.63) is 6.20 Å². The number of nitrogens with zero attached hydrogens (tertiary/aromatic N) is 2. The Morgan fingerprint density at radius 1 is 1.53 bits per heavy atom. The predicted molar refractivity (Wildman–Crippen MR) is 74.4 cm³/mol. The summed E-state index contributed by atoms with van der Waals surface area (Å²) in [5.41, 5.74) is 5.54. The van der Waals surface area contributed by atoms with E-state index in [2.05, 4.69) is 4.98 Å². The van der Waals surface area contributed by atoms with Gasteiger partial charge in [-0.15, -0.1) is 11.8 Å². The normalized spacial score (nSPS) is 10.5. The Hall–Kier alpha value is -0.750. The lowest BCUT2D eigenvalue weighted by molar-refractivity contribution is -0.130. The van der Waals surface area contributed by atoms with E-state index in [4.69, 9.17) is 5.73 Å². The summed E-state index contributed by atoms with van der Waals surface area (Å²) in [5, 5.41) is 0.603. The monoisotopic (exact) mass is 273 g/mol. The van der Waals surface area contributed by atoms with Gasteiger partial charge in [0.15, 0.2) is 5.13 Å². The molecule has 0 bridgehead atoms. The lowest BCUT2D eigenvalue weighted by atomic mass is 10.3. The summed E-state index contributed by atoms with van der Waals surface area (Å²) < 4.78 is 1.12. The fraction of sp³-hybridized carbons (Fsp3) is 0.636.